The van der Waals surface area contributed by atoms with Gasteiger partial charge in [-0.1, -0.05) is 36.9 Å². The van der Waals surface area contributed by atoms with Crippen LogP contribution >= 0.6 is 0 Å². The highest BCUT2D eigenvalue weighted by Gasteiger charge is 2.66. The molecule has 35 heavy (non-hydrogen) atoms. The Balaban J connectivity index is 3.15. The molecule has 1 N–H and O–H groups in total. The van der Waals surface area contributed by atoms with Crippen molar-refractivity contribution in [3.05, 3.63) is 48.0 Å². The second-order valence-corrected chi connectivity index (χ2v) is 8.50. The lowest BCUT2D eigenvalue weighted by molar-refractivity contribution is -0.347. The maximum atomic E-state index is 13.9. The van der Waals surface area contributed by atoms with Gasteiger partial charge in [0, 0.05) is 18.5 Å². The number of hydrogen-bond acceptors (Lipinski definition) is 7. The van der Waals surface area contributed by atoms with E-state index in [1.807, 2.05) is 5.32 Å². The van der Waals surface area contributed by atoms with E-state index in [-0.39, 0.29) is 0 Å². The summed E-state index contributed by atoms with van der Waals surface area (Å²) in [4.78, 5) is 24.3. The van der Waals surface area contributed by atoms with Crippen molar-refractivity contribution in [3.63, 3.8) is 0 Å². The predicted molar refractivity (Wildman–Crippen MR) is 103 cm³/mol. The van der Waals surface area contributed by atoms with Crippen molar-refractivity contribution in [1.82, 2.24) is 5.32 Å². The number of nitrogens with one attached hydrogen (secondary N) is 1. The van der Waals surface area contributed by atoms with E-state index in [9.17, 15) is 53.3 Å². The van der Waals surface area contributed by atoms with Gasteiger partial charge in [-0.25, -0.2) is 13.2 Å². The van der Waals surface area contributed by atoms with Crippen LogP contribution in [0.1, 0.15) is 25.3 Å². The number of carbonyl (C=O) groups excluding carboxylic acids is 2. The molecule has 1 unspecified atom stereocenters. The summed E-state index contributed by atoms with van der Waals surface area (Å²) in [5.74, 6) is -13.7. The number of hydrogen-bond donors (Lipinski definition) is 1. The Hall–Kier alpha value is -2.72. The molecular formula is C19H19F7NO7S-. The van der Waals surface area contributed by atoms with Gasteiger partial charge in [0.2, 0.25) is 0 Å². The molecule has 0 heterocycles. The first-order valence-corrected chi connectivity index (χ1v) is 10.8. The summed E-state index contributed by atoms with van der Waals surface area (Å²) in [5, 5.41) is -4.26. The molecule has 0 aromatic heterocycles. The molecule has 1 aromatic rings. The molecule has 1 rings (SSSR count). The van der Waals surface area contributed by atoms with Crippen LogP contribution in [0, 0.1) is 0 Å². The summed E-state index contributed by atoms with van der Waals surface area (Å²) in [6.45, 7) is 1.92. The van der Waals surface area contributed by atoms with Crippen molar-refractivity contribution >= 4 is 22.0 Å². The van der Waals surface area contributed by atoms with Crippen molar-refractivity contribution in [1.29, 1.82) is 0 Å². The van der Waals surface area contributed by atoms with E-state index in [0.29, 0.717) is 5.56 Å². The Kier molecular flexibility index (Phi) is 9.45. The van der Waals surface area contributed by atoms with E-state index < -0.39 is 76.7 Å². The fraction of sp³-hybridized carbons (Fsp3) is 0.474. The summed E-state index contributed by atoms with van der Waals surface area (Å²) in [6.07, 6.45) is -9.34. The molecular weight excluding hydrogens is 519 g/mol. The average Bonchev–Trinajstić information content (AvgIpc) is 2.72. The lowest BCUT2D eigenvalue weighted by atomic mass is 10.1. The Morgan fingerprint density at radius 1 is 1.06 bits per heavy atom. The highest BCUT2D eigenvalue weighted by molar-refractivity contribution is 7.86. The van der Waals surface area contributed by atoms with Gasteiger partial charge < -0.3 is 19.3 Å². The standard InChI is InChI=1S/C19H20F7NO7S/c1-12(2)14(28)34-17(18(22,23)24,15(29)27-11-13-7-4-3-5-8-13)33-10-6-9-16(20,21)19(25,26)35(30,31)32/h3-5,7-8H,1,6,9-11H2,2H3,(H,27,29)(H,30,31,32)/p-1. The molecule has 1 amide bonds. The first kappa shape index (κ1) is 30.3. The quantitative estimate of drug-likeness (QED) is 0.108. The Labute approximate surface area is 194 Å². The highest BCUT2D eigenvalue weighted by Crippen LogP contribution is 2.42. The van der Waals surface area contributed by atoms with Crippen LogP contribution in [0.5, 0.6) is 0 Å². The van der Waals surface area contributed by atoms with E-state index in [1.54, 1.807) is 6.07 Å². The van der Waals surface area contributed by atoms with Crippen LogP contribution in [0.25, 0.3) is 0 Å². The van der Waals surface area contributed by atoms with Gasteiger partial charge in [-0.2, -0.15) is 30.7 Å². The zero-order valence-corrected chi connectivity index (χ0v) is 18.7. The molecule has 0 bridgehead atoms. The molecule has 16 heteroatoms. The number of carbonyl (C=O) groups is 2. The SMILES string of the molecule is C=C(C)C(=O)OC(OCCCC(F)(F)C(F)(F)S(=O)(=O)[O-])(C(=O)NCc1ccccc1)C(F)(F)F. The number of ether oxygens (including phenoxy) is 2. The monoisotopic (exact) mass is 538 g/mol. The lowest BCUT2D eigenvalue weighted by Crippen LogP contribution is -2.61. The van der Waals surface area contributed by atoms with Gasteiger partial charge in [0.1, 0.15) is 0 Å². The molecule has 1 aromatic carbocycles. The third-order valence-electron chi connectivity index (χ3n) is 4.23. The molecule has 0 fully saturated rings. The van der Waals surface area contributed by atoms with E-state index in [4.69, 9.17) is 0 Å². The number of alkyl halides is 7. The Bertz CT molecular complexity index is 1030. The number of amides is 1. The van der Waals surface area contributed by atoms with Crippen molar-refractivity contribution in [3.8, 4) is 0 Å². The molecule has 0 radical (unpaired) electrons. The Morgan fingerprint density at radius 2 is 1.60 bits per heavy atom. The fourth-order valence-corrected chi connectivity index (χ4v) is 2.83. The zero-order chi connectivity index (χ0) is 27.3. The minimum absolute atomic E-state index is 0.309. The second kappa shape index (κ2) is 10.9. The van der Waals surface area contributed by atoms with Gasteiger partial charge in [0.15, 0.2) is 10.1 Å². The van der Waals surface area contributed by atoms with E-state index in [2.05, 4.69) is 16.1 Å². The smallest absolute Gasteiger partial charge is 0.466 e. The molecule has 0 aliphatic heterocycles. The number of benzene rings is 1. The van der Waals surface area contributed by atoms with Crippen molar-refractivity contribution in [2.24, 2.45) is 0 Å². The first-order valence-electron chi connectivity index (χ1n) is 9.41. The number of rotatable bonds is 12. The van der Waals surface area contributed by atoms with Crippen LogP contribution in [-0.2, 0) is 35.7 Å². The van der Waals surface area contributed by atoms with Gasteiger partial charge >= 0.3 is 35.0 Å². The highest BCUT2D eigenvalue weighted by atomic mass is 32.2. The molecule has 0 aliphatic rings. The molecule has 8 nitrogen and oxygen atoms in total. The molecule has 198 valence electrons. The summed E-state index contributed by atoms with van der Waals surface area (Å²) >= 11 is 0. The van der Waals surface area contributed by atoms with E-state index >= 15 is 0 Å². The normalized spacial score (nSPS) is 14.7. The van der Waals surface area contributed by atoms with E-state index in [0.717, 1.165) is 6.92 Å². The zero-order valence-electron chi connectivity index (χ0n) is 17.8. The molecule has 0 saturated carbocycles. The topological polar surface area (TPSA) is 122 Å². The van der Waals surface area contributed by atoms with Gasteiger partial charge in [-0.3, -0.25) is 4.79 Å². The second-order valence-electron chi connectivity index (χ2n) is 7.08. The minimum Gasteiger partial charge on any atom is -0.743 e. The minimum atomic E-state index is -6.82. The van der Waals surface area contributed by atoms with Crippen LogP contribution < -0.4 is 5.32 Å². The molecule has 0 saturated heterocycles. The van der Waals surface area contributed by atoms with Crippen molar-refractivity contribution in [2.75, 3.05) is 6.61 Å². The Morgan fingerprint density at radius 3 is 2.06 bits per heavy atom. The molecule has 0 spiro atoms. The number of halogens is 7. The van der Waals surface area contributed by atoms with Gasteiger partial charge in [0.05, 0.1) is 6.61 Å². The van der Waals surface area contributed by atoms with Crippen molar-refractivity contribution < 1.29 is 62.8 Å². The predicted octanol–water partition coefficient (Wildman–Crippen LogP) is 3.25. The maximum Gasteiger partial charge on any atom is 0.466 e. The summed E-state index contributed by atoms with van der Waals surface area (Å²) in [6, 6.07) is 7.40. The van der Waals surface area contributed by atoms with Gasteiger partial charge in [-0.05, 0) is 18.9 Å². The van der Waals surface area contributed by atoms with Crippen LogP contribution in [0.3, 0.4) is 0 Å². The fourth-order valence-electron chi connectivity index (χ4n) is 2.36. The summed E-state index contributed by atoms with van der Waals surface area (Å²) in [5.41, 5.74) is -0.297. The third kappa shape index (κ3) is 7.14. The first-order chi connectivity index (χ1) is 15.8. The van der Waals surface area contributed by atoms with Crippen molar-refractivity contribution in [2.45, 2.75) is 49.5 Å². The number of esters is 1. The third-order valence-corrected chi connectivity index (χ3v) is 5.16. The maximum absolute atomic E-state index is 13.9. The largest absolute Gasteiger partial charge is 0.743 e. The lowest BCUT2D eigenvalue weighted by Gasteiger charge is -2.33. The van der Waals surface area contributed by atoms with Crippen LogP contribution in [0.4, 0.5) is 30.7 Å². The van der Waals surface area contributed by atoms with Crippen LogP contribution in [0.2, 0.25) is 0 Å². The van der Waals surface area contributed by atoms with Crippen LogP contribution in [0.15, 0.2) is 42.5 Å². The van der Waals surface area contributed by atoms with E-state index in [1.165, 1.54) is 24.3 Å². The molecule has 1 atom stereocenters. The summed E-state index contributed by atoms with van der Waals surface area (Å²) in [7, 11) is -6.82. The molecule has 0 aliphatic carbocycles. The van der Waals surface area contributed by atoms with Gasteiger partial charge in [-0.15, -0.1) is 0 Å². The van der Waals surface area contributed by atoms with Gasteiger partial charge in [0.25, 0.3) is 0 Å². The average molecular weight is 538 g/mol. The summed E-state index contributed by atoms with van der Waals surface area (Å²) < 4.78 is 135. The van der Waals surface area contributed by atoms with Crippen LogP contribution in [-0.4, -0.2) is 54.6 Å².